The Balaban J connectivity index is 1.48. The molecule has 4 rings (SSSR count). The molecule has 1 unspecified atom stereocenters. The lowest BCUT2D eigenvalue weighted by Crippen LogP contribution is -2.39. The van der Waals surface area contributed by atoms with Crippen molar-refractivity contribution < 1.29 is 4.79 Å². The molecule has 1 saturated heterocycles. The van der Waals surface area contributed by atoms with Crippen LogP contribution < -0.4 is 5.32 Å². The van der Waals surface area contributed by atoms with Gasteiger partial charge in [-0.15, -0.1) is 0 Å². The highest BCUT2D eigenvalue weighted by Gasteiger charge is 2.26. The van der Waals surface area contributed by atoms with Crippen molar-refractivity contribution in [1.29, 1.82) is 0 Å². The number of anilines is 2. The van der Waals surface area contributed by atoms with Crippen LogP contribution >= 0.6 is 0 Å². The van der Waals surface area contributed by atoms with Crippen LogP contribution in [0.25, 0.3) is 0 Å². The highest BCUT2D eigenvalue weighted by atomic mass is 16.2. The number of amides is 1. The van der Waals surface area contributed by atoms with Gasteiger partial charge in [-0.1, -0.05) is 6.07 Å². The number of carbonyl (C=O) groups is 1. The van der Waals surface area contributed by atoms with Gasteiger partial charge in [0, 0.05) is 43.8 Å². The Labute approximate surface area is 164 Å². The van der Waals surface area contributed by atoms with Crippen LogP contribution in [0.4, 0.5) is 11.6 Å². The molecule has 0 aromatic carbocycles. The predicted molar refractivity (Wildman–Crippen MR) is 109 cm³/mol. The van der Waals surface area contributed by atoms with Crippen LogP contribution in [-0.2, 0) is 0 Å². The van der Waals surface area contributed by atoms with Crippen molar-refractivity contribution in [3.05, 3.63) is 77.9 Å². The number of nitrogens with one attached hydrogen (secondary N) is 1. The summed E-state index contributed by atoms with van der Waals surface area (Å²) in [5.41, 5.74) is 2.85. The summed E-state index contributed by atoms with van der Waals surface area (Å²) in [7, 11) is 0. The summed E-state index contributed by atoms with van der Waals surface area (Å²) in [5, 5.41) is 3.24. The molecule has 4 heterocycles. The van der Waals surface area contributed by atoms with Crippen molar-refractivity contribution in [2.75, 3.05) is 18.4 Å². The van der Waals surface area contributed by atoms with Crippen molar-refractivity contribution in [3.8, 4) is 0 Å². The maximum atomic E-state index is 12.9. The molecule has 1 amide bonds. The molecule has 0 radical (unpaired) electrons. The van der Waals surface area contributed by atoms with Gasteiger partial charge in [0.1, 0.15) is 11.6 Å². The van der Waals surface area contributed by atoms with E-state index in [9.17, 15) is 4.79 Å². The Morgan fingerprint density at radius 2 is 2.00 bits per heavy atom. The molecule has 0 aliphatic carbocycles. The Morgan fingerprint density at radius 1 is 1.11 bits per heavy atom. The average Bonchev–Trinajstić information content (AvgIpc) is 2.74. The van der Waals surface area contributed by atoms with E-state index in [2.05, 4.69) is 26.3 Å². The van der Waals surface area contributed by atoms with Crippen molar-refractivity contribution in [1.82, 2.24) is 19.9 Å². The summed E-state index contributed by atoms with van der Waals surface area (Å²) in [6, 6.07) is 11.7. The molecular formula is C22H23N5O. The van der Waals surface area contributed by atoms with E-state index in [1.807, 2.05) is 48.4 Å². The summed E-state index contributed by atoms with van der Waals surface area (Å²) in [6.07, 6.45) is 9.02. The molecule has 1 atom stereocenters. The Bertz CT molecular complexity index is 960. The number of aromatic nitrogens is 3. The number of hydrogen-bond acceptors (Lipinski definition) is 5. The van der Waals surface area contributed by atoms with Crippen molar-refractivity contribution >= 4 is 17.5 Å². The van der Waals surface area contributed by atoms with Crippen LogP contribution in [-0.4, -0.2) is 38.8 Å². The van der Waals surface area contributed by atoms with Gasteiger partial charge in [0.15, 0.2) is 0 Å². The second-order valence-electron chi connectivity index (χ2n) is 7.16. The molecule has 3 aromatic rings. The van der Waals surface area contributed by atoms with Gasteiger partial charge in [-0.2, -0.15) is 0 Å². The van der Waals surface area contributed by atoms with Gasteiger partial charge in [-0.3, -0.25) is 9.78 Å². The molecule has 1 aliphatic heterocycles. The number of piperidine rings is 1. The zero-order valence-corrected chi connectivity index (χ0v) is 15.9. The minimum absolute atomic E-state index is 0.0572. The minimum Gasteiger partial charge on any atom is -0.338 e. The maximum Gasteiger partial charge on any atom is 0.255 e. The zero-order valence-electron chi connectivity index (χ0n) is 15.9. The van der Waals surface area contributed by atoms with E-state index in [1.165, 1.54) is 5.56 Å². The van der Waals surface area contributed by atoms with Crippen molar-refractivity contribution in [2.24, 2.45) is 0 Å². The number of pyridine rings is 3. The molecule has 3 aromatic heterocycles. The average molecular weight is 373 g/mol. The van der Waals surface area contributed by atoms with Gasteiger partial charge >= 0.3 is 0 Å². The largest absolute Gasteiger partial charge is 0.338 e. The number of rotatable bonds is 4. The molecule has 6 nitrogen and oxygen atoms in total. The van der Waals surface area contributed by atoms with E-state index >= 15 is 0 Å². The summed E-state index contributed by atoms with van der Waals surface area (Å²) >= 11 is 0. The van der Waals surface area contributed by atoms with E-state index in [-0.39, 0.29) is 5.91 Å². The third kappa shape index (κ3) is 4.17. The van der Waals surface area contributed by atoms with E-state index in [1.54, 1.807) is 18.6 Å². The Kier molecular flexibility index (Phi) is 5.28. The van der Waals surface area contributed by atoms with Gasteiger partial charge in [0.05, 0.1) is 5.56 Å². The molecule has 0 spiro atoms. The first-order valence-electron chi connectivity index (χ1n) is 9.54. The van der Waals surface area contributed by atoms with Gasteiger partial charge in [-0.25, -0.2) is 9.97 Å². The fraction of sp³-hybridized carbons (Fsp3) is 0.273. The zero-order chi connectivity index (χ0) is 19.3. The van der Waals surface area contributed by atoms with E-state index in [0.29, 0.717) is 18.0 Å². The minimum atomic E-state index is 0.0572. The van der Waals surface area contributed by atoms with Gasteiger partial charge in [0.2, 0.25) is 0 Å². The summed E-state index contributed by atoms with van der Waals surface area (Å²) in [4.78, 5) is 27.7. The lowest BCUT2D eigenvalue weighted by atomic mass is 9.91. The predicted octanol–water partition coefficient (Wildman–Crippen LogP) is 3.94. The van der Waals surface area contributed by atoms with Crippen LogP contribution in [0, 0.1) is 6.92 Å². The fourth-order valence-corrected chi connectivity index (χ4v) is 3.63. The van der Waals surface area contributed by atoms with Gasteiger partial charge in [0.25, 0.3) is 5.91 Å². The topological polar surface area (TPSA) is 71.0 Å². The first-order chi connectivity index (χ1) is 13.7. The van der Waals surface area contributed by atoms with Crippen molar-refractivity contribution in [3.63, 3.8) is 0 Å². The van der Waals surface area contributed by atoms with Crippen LogP contribution in [0.3, 0.4) is 0 Å². The SMILES string of the molecule is Cc1cncc(C(=O)N2CCCC(c3ccnc(Nc4ccccn4)c3)C2)c1. The quantitative estimate of drug-likeness (QED) is 0.750. The van der Waals surface area contributed by atoms with Crippen LogP contribution in [0.15, 0.2) is 61.2 Å². The first-order valence-corrected chi connectivity index (χ1v) is 9.54. The lowest BCUT2D eigenvalue weighted by molar-refractivity contribution is 0.0706. The molecule has 1 N–H and O–H groups in total. The summed E-state index contributed by atoms with van der Waals surface area (Å²) < 4.78 is 0. The maximum absolute atomic E-state index is 12.9. The first kappa shape index (κ1) is 18.1. The molecule has 142 valence electrons. The molecule has 1 aliphatic rings. The fourth-order valence-electron chi connectivity index (χ4n) is 3.63. The Hall–Kier alpha value is -3.28. The van der Waals surface area contributed by atoms with Crippen LogP contribution in [0.1, 0.15) is 40.2 Å². The smallest absolute Gasteiger partial charge is 0.255 e. The van der Waals surface area contributed by atoms with E-state index < -0.39 is 0 Å². The molecule has 1 fully saturated rings. The second kappa shape index (κ2) is 8.17. The number of carbonyl (C=O) groups excluding carboxylic acids is 1. The normalized spacial score (nSPS) is 16.6. The second-order valence-corrected chi connectivity index (χ2v) is 7.16. The number of aryl methyl sites for hydroxylation is 1. The summed E-state index contributed by atoms with van der Waals surface area (Å²) in [5.74, 6) is 1.88. The molecule has 6 heteroatoms. The van der Waals surface area contributed by atoms with Crippen LogP contribution in [0.2, 0.25) is 0 Å². The number of likely N-dealkylation sites (tertiary alicyclic amines) is 1. The van der Waals surface area contributed by atoms with Gasteiger partial charge in [-0.05, 0) is 61.2 Å². The molecule has 0 bridgehead atoms. The third-order valence-corrected chi connectivity index (χ3v) is 5.01. The van der Waals surface area contributed by atoms with Gasteiger partial charge < -0.3 is 10.2 Å². The Morgan fingerprint density at radius 3 is 2.82 bits per heavy atom. The molecular weight excluding hydrogens is 350 g/mol. The molecule has 28 heavy (non-hydrogen) atoms. The van der Waals surface area contributed by atoms with Crippen molar-refractivity contribution in [2.45, 2.75) is 25.7 Å². The van der Waals surface area contributed by atoms with E-state index in [0.717, 1.165) is 36.6 Å². The number of nitrogens with zero attached hydrogens (tertiary/aromatic N) is 4. The number of hydrogen-bond donors (Lipinski definition) is 1. The highest BCUT2D eigenvalue weighted by molar-refractivity contribution is 5.94. The highest BCUT2D eigenvalue weighted by Crippen LogP contribution is 2.29. The van der Waals surface area contributed by atoms with E-state index in [4.69, 9.17) is 0 Å². The summed E-state index contributed by atoms with van der Waals surface area (Å²) in [6.45, 7) is 3.45. The standard InChI is InChI=1S/C22H23N5O/c1-16-11-19(14-23-13-16)22(28)27-10-4-5-18(15-27)17-7-9-25-21(12-17)26-20-6-2-3-8-24-20/h2-3,6-9,11-14,18H,4-5,10,15H2,1H3,(H,24,25,26). The molecule has 0 saturated carbocycles. The third-order valence-electron chi connectivity index (χ3n) is 5.01. The lowest BCUT2D eigenvalue weighted by Gasteiger charge is -2.33. The monoisotopic (exact) mass is 373 g/mol. The van der Waals surface area contributed by atoms with Crippen LogP contribution in [0.5, 0.6) is 0 Å².